The molecule has 2 N–H and O–H groups in total. The SMILES string of the molecule is COCC(=O)NC1CC2CCC1N2. The maximum Gasteiger partial charge on any atom is 0.246 e. The molecule has 2 rings (SSSR count). The normalized spacial score (nSPS) is 36.5. The molecule has 13 heavy (non-hydrogen) atoms. The highest BCUT2D eigenvalue weighted by Gasteiger charge is 2.39. The van der Waals surface area contributed by atoms with Crippen molar-refractivity contribution < 1.29 is 9.53 Å². The van der Waals surface area contributed by atoms with E-state index < -0.39 is 0 Å². The molecule has 0 saturated carbocycles. The van der Waals surface area contributed by atoms with Crippen molar-refractivity contribution >= 4 is 5.91 Å². The fourth-order valence-corrected chi connectivity index (χ4v) is 2.36. The quantitative estimate of drug-likeness (QED) is 0.630. The summed E-state index contributed by atoms with van der Waals surface area (Å²) < 4.78 is 4.76. The van der Waals surface area contributed by atoms with E-state index >= 15 is 0 Å². The summed E-state index contributed by atoms with van der Waals surface area (Å²) in [6.07, 6.45) is 3.55. The Bertz CT molecular complexity index is 208. The van der Waals surface area contributed by atoms with Gasteiger partial charge in [0.15, 0.2) is 0 Å². The molecular formula is C9H16N2O2. The summed E-state index contributed by atoms with van der Waals surface area (Å²) in [5.41, 5.74) is 0. The fraction of sp³-hybridized carbons (Fsp3) is 0.889. The Morgan fingerprint density at radius 3 is 3.00 bits per heavy atom. The van der Waals surface area contributed by atoms with Gasteiger partial charge in [0.1, 0.15) is 6.61 Å². The van der Waals surface area contributed by atoms with E-state index in [1.165, 1.54) is 12.8 Å². The molecule has 2 heterocycles. The first-order valence-corrected chi connectivity index (χ1v) is 4.84. The summed E-state index contributed by atoms with van der Waals surface area (Å²) in [7, 11) is 1.54. The van der Waals surface area contributed by atoms with E-state index in [0.29, 0.717) is 18.1 Å². The first-order valence-electron chi connectivity index (χ1n) is 4.84. The Kier molecular flexibility index (Phi) is 2.51. The molecule has 3 atom stereocenters. The third-order valence-corrected chi connectivity index (χ3v) is 2.92. The van der Waals surface area contributed by atoms with E-state index in [0.717, 1.165) is 6.42 Å². The second kappa shape index (κ2) is 3.64. The fourth-order valence-electron chi connectivity index (χ4n) is 2.36. The summed E-state index contributed by atoms with van der Waals surface area (Å²) >= 11 is 0. The van der Waals surface area contributed by atoms with E-state index in [1.54, 1.807) is 7.11 Å². The monoisotopic (exact) mass is 184 g/mol. The molecule has 2 saturated heterocycles. The molecule has 2 aliphatic rings. The lowest BCUT2D eigenvalue weighted by Gasteiger charge is -2.21. The van der Waals surface area contributed by atoms with Gasteiger partial charge in [-0.2, -0.15) is 0 Å². The molecular weight excluding hydrogens is 168 g/mol. The van der Waals surface area contributed by atoms with Crippen LogP contribution in [-0.4, -0.2) is 37.7 Å². The van der Waals surface area contributed by atoms with Gasteiger partial charge in [-0.25, -0.2) is 0 Å². The molecule has 4 heteroatoms. The van der Waals surface area contributed by atoms with Crippen LogP contribution in [0.4, 0.5) is 0 Å². The van der Waals surface area contributed by atoms with Gasteiger partial charge in [0, 0.05) is 25.2 Å². The smallest absolute Gasteiger partial charge is 0.246 e. The Morgan fingerprint density at radius 2 is 2.46 bits per heavy atom. The van der Waals surface area contributed by atoms with Crippen LogP contribution in [0, 0.1) is 0 Å². The molecule has 0 aromatic heterocycles. The highest BCUT2D eigenvalue weighted by atomic mass is 16.5. The van der Waals surface area contributed by atoms with Crippen molar-refractivity contribution in [2.75, 3.05) is 13.7 Å². The minimum absolute atomic E-state index is 0.00171. The zero-order chi connectivity index (χ0) is 9.26. The van der Waals surface area contributed by atoms with Crippen molar-refractivity contribution in [1.82, 2.24) is 10.6 Å². The van der Waals surface area contributed by atoms with E-state index in [9.17, 15) is 4.79 Å². The predicted octanol–water partition coefficient (Wildman–Crippen LogP) is -0.358. The van der Waals surface area contributed by atoms with Crippen molar-refractivity contribution in [2.45, 2.75) is 37.4 Å². The molecule has 2 bridgehead atoms. The number of amides is 1. The van der Waals surface area contributed by atoms with E-state index in [1.807, 2.05) is 0 Å². The second-order valence-electron chi connectivity index (χ2n) is 3.89. The molecule has 74 valence electrons. The maximum absolute atomic E-state index is 11.2. The van der Waals surface area contributed by atoms with E-state index in [4.69, 9.17) is 4.74 Å². The zero-order valence-electron chi connectivity index (χ0n) is 7.88. The van der Waals surface area contributed by atoms with Crippen LogP contribution in [0.1, 0.15) is 19.3 Å². The van der Waals surface area contributed by atoms with Crippen LogP contribution >= 0.6 is 0 Å². The van der Waals surface area contributed by atoms with Crippen LogP contribution in [0.2, 0.25) is 0 Å². The number of hydrogen-bond acceptors (Lipinski definition) is 3. The molecule has 2 aliphatic heterocycles. The van der Waals surface area contributed by atoms with E-state index in [-0.39, 0.29) is 12.5 Å². The van der Waals surface area contributed by atoms with Crippen LogP contribution in [-0.2, 0) is 9.53 Å². The van der Waals surface area contributed by atoms with Crippen molar-refractivity contribution in [1.29, 1.82) is 0 Å². The number of nitrogens with one attached hydrogen (secondary N) is 2. The number of ether oxygens (including phenoxy) is 1. The average Bonchev–Trinajstić information content (AvgIpc) is 2.65. The number of methoxy groups -OCH3 is 1. The van der Waals surface area contributed by atoms with Gasteiger partial charge >= 0.3 is 0 Å². The standard InChI is InChI=1S/C9H16N2O2/c1-13-5-9(12)11-8-4-6-2-3-7(8)10-6/h6-8,10H,2-5H2,1H3,(H,11,12). The van der Waals surface area contributed by atoms with Gasteiger partial charge in [-0.3, -0.25) is 4.79 Å². The number of hydrogen-bond donors (Lipinski definition) is 2. The molecule has 0 aromatic carbocycles. The van der Waals surface area contributed by atoms with Crippen LogP contribution < -0.4 is 10.6 Å². The second-order valence-corrected chi connectivity index (χ2v) is 3.89. The number of fused-ring (bicyclic) bond motifs is 2. The van der Waals surface area contributed by atoms with Gasteiger partial charge in [-0.05, 0) is 19.3 Å². The topological polar surface area (TPSA) is 50.4 Å². The lowest BCUT2D eigenvalue weighted by Crippen LogP contribution is -2.44. The summed E-state index contributed by atoms with van der Waals surface area (Å²) in [6.45, 7) is 0.174. The van der Waals surface area contributed by atoms with Crippen molar-refractivity contribution in [2.24, 2.45) is 0 Å². The number of carbonyl (C=O) groups excluding carboxylic acids is 1. The largest absolute Gasteiger partial charge is 0.375 e. The zero-order valence-corrected chi connectivity index (χ0v) is 7.88. The maximum atomic E-state index is 11.2. The highest BCUT2D eigenvalue weighted by Crippen LogP contribution is 2.27. The first-order chi connectivity index (χ1) is 6.29. The molecule has 0 spiro atoms. The van der Waals surface area contributed by atoms with Crippen molar-refractivity contribution in [3.05, 3.63) is 0 Å². The van der Waals surface area contributed by atoms with E-state index in [2.05, 4.69) is 10.6 Å². The predicted molar refractivity (Wildman–Crippen MR) is 48.4 cm³/mol. The van der Waals surface area contributed by atoms with Gasteiger partial charge in [0.2, 0.25) is 5.91 Å². The van der Waals surface area contributed by atoms with Gasteiger partial charge in [0.05, 0.1) is 0 Å². The van der Waals surface area contributed by atoms with Gasteiger partial charge in [-0.1, -0.05) is 0 Å². The summed E-state index contributed by atoms with van der Waals surface area (Å²) in [5.74, 6) is 0.00171. The Hall–Kier alpha value is -0.610. The summed E-state index contributed by atoms with van der Waals surface area (Å²) in [5, 5.41) is 6.45. The van der Waals surface area contributed by atoms with Crippen LogP contribution in [0.3, 0.4) is 0 Å². The van der Waals surface area contributed by atoms with Crippen LogP contribution in [0.25, 0.3) is 0 Å². The number of carbonyl (C=O) groups is 1. The molecule has 1 amide bonds. The first kappa shape index (κ1) is 8.97. The molecule has 0 aromatic rings. The molecule has 0 radical (unpaired) electrons. The Morgan fingerprint density at radius 1 is 1.62 bits per heavy atom. The average molecular weight is 184 g/mol. The minimum Gasteiger partial charge on any atom is -0.375 e. The minimum atomic E-state index is 0.00171. The lowest BCUT2D eigenvalue weighted by molar-refractivity contribution is -0.125. The van der Waals surface area contributed by atoms with Crippen LogP contribution in [0.5, 0.6) is 0 Å². The summed E-state index contributed by atoms with van der Waals surface area (Å²) in [4.78, 5) is 11.2. The Balaban J connectivity index is 1.79. The molecule has 3 unspecified atom stereocenters. The van der Waals surface area contributed by atoms with Crippen molar-refractivity contribution in [3.8, 4) is 0 Å². The van der Waals surface area contributed by atoms with Crippen LogP contribution in [0.15, 0.2) is 0 Å². The van der Waals surface area contributed by atoms with Crippen molar-refractivity contribution in [3.63, 3.8) is 0 Å². The third kappa shape index (κ3) is 1.84. The molecule has 2 fully saturated rings. The van der Waals surface area contributed by atoms with Gasteiger partial charge in [-0.15, -0.1) is 0 Å². The lowest BCUT2D eigenvalue weighted by atomic mass is 9.95. The third-order valence-electron chi connectivity index (χ3n) is 2.92. The Labute approximate surface area is 78.0 Å². The van der Waals surface area contributed by atoms with Gasteiger partial charge in [0.25, 0.3) is 0 Å². The summed E-state index contributed by atoms with van der Waals surface area (Å²) in [6, 6.07) is 1.48. The molecule has 4 nitrogen and oxygen atoms in total. The molecule has 0 aliphatic carbocycles. The number of rotatable bonds is 3. The van der Waals surface area contributed by atoms with Gasteiger partial charge < -0.3 is 15.4 Å². The highest BCUT2D eigenvalue weighted by molar-refractivity contribution is 5.77.